The number of allylic oxidation sites excluding steroid dienone is 1. The molecule has 0 spiro atoms. The summed E-state index contributed by atoms with van der Waals surface area (Å²) in [7, 11) is 2.09. The summed E-state index contributed by atoms with van der Waals surface area (Å²) in [5.74, 6) is 1.75. The highest BCUT2D eigenvalue weighted by molar-refractivity contribution is 4.94. The predicted octanol–water partition coefficient (Wildman–Crippen LogP) is 4.15. The van der Waals surface area contributed by atoms with Crippen molar-refractivity contribution < 1.29 is 0 Å². The van der Waals surface area contributed by atoms with E-state index >= 15 is 0 Å². The van der Waals surface area contributed by atoms with Crippen LogP contribution < -0.4 is 5.32 Å². The third-order valence-electron chi connectivity index (χ3n) is 3.66. The molecule has 0 aromatic rings. The molecule has 0 aromatic carbocycles. The van der Waals surface area contributed by atoms with Crippen LogP contribution in [-0.2, 0) is 0 Å². The second-order valence-corrected chi connectivity index (χ2v) is 5.69. The van der Waals surface area contributed by atoms with Crippen molar-refractivity contribution in [3.05, 3.63) is 12.2 Å². The Labute approximate surface area is 102 Å². The Morgan fingerprint density at radius 2 is 1.88 bits per heavy atom. The van der Waals surface area contributed by atoms with Crippen molar-refractivity contribution in [3.63, 3.8) is 0 Å². The van der Waals surface area contributed by atoms with E-state index in [-0.39, 0.29) is 0 Å². The first kappa shape index (κ1) is 13.8. The first-order chi connectivity index (χ1) is 7.72. The molecule has 1 N–H and O–H groups in total. The van der Waals surface area contributed by atoms with Crippen molar-refractivity contribution >= 4 is 0 Å². The first-order valence-electron chi connectivity index (χ1n) is 7.06. The van der Waals surface area contributed by atoms with Crippen LogP contribution in [-0.4, -0.2) is 13.1 Å². The van der Waals surface area contributed by atoms with Gasteiger partial charge in [0, 0.05) is 6.04 Å². The lowest BCUT2D eigenvalue weighted by Gasteiger charge is -2.24. The number of likely N-dealkylation sites (N-methyl/N-ethyl adjacent to an activating group) is 1. The average molecular weight is 223 g/mol. The molecule has 0 heterocycles. The lowest BCUT2D eigenvalue weighted by Crippen LogP contribution is -2.26. The van der Waals surface area contributed by atoms with E-state index in [1.165, 1.54) is 44.9 Å². The SMILES string of the molecule is CNC(/C=C/CC(C)C)CC1CCCCC1. The van der Waals surface area contributed by atoms with Gasteiger partial charge in [-0.1, -0.05) is 58.1 Å². The van der Waals surface area contributed by atoms with Gasteiger partial charge in [0.25, 0.3) is 0 Å². The molecule has 1 rings (SSSR count). The van der Waals surface area contributed by atoms with E-state index in [0.717, 1.165) is 11.8 Å². The highest BCUT2D eigenvalue weighted by Gasteiger charge is 2.16. The van der Waals surface area contributed by atoms with Gasteiger partial charge in [-0.3, -0.25) is 0 Å². The van der Waals surface area contributed by atoms with Crippen molar-refractivity contribution in [1.29, 1.82) is 0 Å². The maximum Gasteiger partial charge on any atom is 0.0249 e. The molecule has 16 heavy (non-hydrogen) atoms. The van der Waals surface area contributed by atoms with Crippen molar-refractivity contribution in [1.82, 2.24) is 5.32 Å². The molecule has 1 saturated carbocycles. The van der Waals surface area contributed by atoms with Crippen LogP contribution in [0.3, 0.4) is 0 Å². The van der Waals surface area contributed by atoms with Gasteiger partial charge in [0.1, 0.15) is 0 Å². The Morgan fingerprint density at radius 1 is 1.19 bits per heavy atom. The zero-order valence-corrected chi connectivity index (χ0v) is 11.3. The number of rotatable bonds is 6. The van der Waals surface area contributed by atoms with Gasteiger partial charge >= 0.3 is 0 Å². The van der Waals surface area contributed by atoms with Gasteiger partial charge in [-0.2, -0.15) is 0 Å². The molecule has 0 bridgehead atoms. The minimum Gasteiger partial charge on any atom is -0.314 e. The van der Waals surface area contributed by atoms with Gasteiger partial charge in [-0.25, -0.2) is 0 Å². The molecule has 1 fully saturated rings. The minimum absolute atomic E-state index is 0.599. The number of nitrogens with one attached hydrogen (secondary N) is 1. The van der Waals surface area contributed by atoms with E-state index in [1.54, 1.807) is 0 Å². The molecule has 0 saturated heterocycles. The largest absolute Gasteiger partial charge is 0.314 e. The van der Waals surface area contributed by atoms with E-state index < -0.39 is 0 Å². The van der Waals surface area contributed by atoms with Gasteiger partial charge < -0.3 is 5.32 Å². The lowest BCUT2D eigenvalue weighted by molar-refractivity contribution is 0.319. The summed E-state index contributed by atoms with van der Waals surface area (Å²) in [6, 6.07) is 0.599. The normalized spacial score (nSPS) is 20.8. The van der Waals surface area contributed by atoms with Gasteiger partial charge in [0.2, 0.25) is 0 Å². The smallest absolute Gasteiger partial charge is 0.0249 e. The second-order valence-electron chi connectivity index (χ2n) is 5.69. The van der Waals surface area contributed by atoms with Crippen LogP contribution in [0.2, 0.25) is 0 Å². The molecule has 1 nitrogen and oxygen atoms in total. The first-order valence-corrected chi connectivity index (χ1v) is 7.06. The fourth-order valence-electron chi connectivity index (χ4n) is 2.59. The summed E-state index contributed by atoms with van der Waals surface area (Å²) in [4.78, 5) is 0. The van der Waals surface area contributed by atoms with E-state index in [1.807, 2.05) is 0 Å². The van der Waals surface area contributed by atoms with Crippen molar-refractivity contribution in [2.45, 2.75) is 64.8 Å². The van der Waals surface area contributed by atoms with E-state index in [4.69, 9.17) is 0 Å². The highest BCUT2D eigenvalue weighted by Crippen LogP contribution is 2.27. The van der Waals surface area contributed by atoms with Gasteiger partial charge in [0.15, 0.2) is 0 Å². The fraction of sp³-hybridized carbons (Fsp3) is 0.867. The summed E-state index contributed by atoms with van der Waals surface area (Å²) < 4.78 is 0. The monoisotopic (exact) mass is 223 g/mol. The van der Waals surface area contributed by atoms with E-state index in [2.05, 4.69) is 38.4 Å². The van der Waals surface area contributed by atoms with Gasteiger partial charge in [-0.05, 0) is 31.7 Å². The Balaban J connectivity index is 2.27. The molecule has 0 amide bonds. The quantitative estimate of drug-likeness (QED) is 0.667. The summed E-state index contributed by atoms with van der Waals surface area (Å²) >= 11 is 0. The Hall–Kier alpha value is -0.300. The lowest BCUT2D eigenvalue weighted by atomic mass is 9.84. The fourth-order valence-corrected chi connectivity index (χ4v) is 2.59. The average Bonchev–Trinajstić information content (AvgIpc) is 2.28. The standard InChI is InChI=1S/C15H29N/c1-13(2)8-7-11-15(16-3)12-14-9-5-4-6-10-14/h7,11,13-16H,4-6,8-10,12H2,1-3H3/b11-7+. The highest BCUT2D eigenvalue weighted by atomic mass is 14.9. The molecular weight excluding hydrogens is 194 g/mol. The van der Waals surface area contributed by atoms with E-state index in [0.29, 0.717) is 6.04 Å². The maximum absolute atomic E-state index is 3.44. The molecule has 1 unspecified atom stereocenters. The van der Waals surface area contributed by atoms with Crippen LogP contribution in [0, 0.1) is 11.8 Å². The summed E-state index contributed by atoms with van der Waals surface area (Å²) in [6.45, 7) is 4.56. The zero-order chi connectivity index (χ0) is 11.8. The van der Waals surface area contributed by atoms with Crippen LogP contribution in [0.1, 0.15) is 58.8 Å². The van der Waals surface area contributed by atoms with Crippen molar-refractivity contribution in [2.24, 2.45) is 11.8 Å². The predicted molar refractivity (Wildman–Crippen MR) is 72.6 cm³/mol. The van der Waals surface area contributed by atoms with Crippen molar-refractivity contribution in [3.8, 4) is 0 Å². The van der Waals surface area contributed by atoms with Crippen LogP contribution in [0.5, 0.6) is 0 Å². The molecule has 1 heteroatoms. The molecule has 1 atom stereocenters. The molecule has 94 valence electrons. The van der Waals surface area contributed by atoms with Crippen LogP contribution >= 0.6 is 0 Å². The minimum atomic E-state index is 0.599. The van der Waals surface area contributed by atoms with Crippen LogP contribution in [0.15, 0.2) is 12.2 Å². The molecule has 0 aromatic heterocycles. The number of hydrogen-bond donors (Lipinski definition) is 1. The van der Waals surface area contributed by atoms with Crippen molar-refractivity contribution in [2.75, 3.05) is 7.05 Å². The summed E-state index contributed by atoms with van der Waals surface area (Å²) in [5, 5.41) is 3.44. The van der Waals surface area contributed by atoms with Crippen LogP contribution in [0.25, 0.3) is 0 Å². The second kappa shape index (κ2) is 7.89. The maximum atomic E-state index is 3.44. The molecule has 1 aliphatic rings. The van der Waals surface area contributed by atoms with Crippen LogP contribution in [0.4, 0.5) is 0 Å². The molecule has 0 aliphatic heterocycles. The van der Waals surface area contributed by atoms with Gasteiger partial charge in [0.05, 0.1) is 0 Å². The van der Waals surface area contributed by atoms with Gasteiger partial charge in [-0.15, -0.1) is 0 Å². The Morgan fingerprint density at radius 3 is 2.44 bits per heavy atom. The topological polar surface area (TPSA) is 12.0 Å². The Bertz CT molecular complexity index is 190. The molecule has 1 aliphatic carbocycles. The third kappa shape index (κ3) is 5.69. The number of hydrogen-bond acceptors (Lipinski definition) is 1. The Kier molecular flexibility index (Phi) is 6.79. The molecule has 0 radical (unpaired) electrons. The third-order valence-corrected chi connectivity index (χ3v) is 3.66. The van der Waals surface area contributed by atoms with E-state index in [9.17, 15) is 0 Å². The summed E-state index contributed by atoms with van der Waals surface area (Å²) in [5.41, 5.74) is 0. The summed E-state index contributed by atoms with van der Waals surface area (Å²) in [6.07, 6.45) is 14.6. The molecular formula is C15H29N. The zero-order valence-electron chi connectivity index (χ0n) is 11.3.